The highest BCUT2D eigenvalue weighted by Gasteiger charge is 2.39. The first-order valence-corrected chi connectivity index (χ1v) is 7.30. The van der Waals surface area contributed by atoms with Gasteiger partial charge in [-0.25, -0.2) is 0 Å². The van der Waals surface area contributed by atoms with Crippen molar-refractivity contribution in [1.29, 1.82) is 0 Å². The third kappa shape index (κ3) is 2.03. The maximum Gasteiger partial charge on any atom is 0.0960 e. The largest absolute Gasteiger partial charge is 0.323 e. The van der Waals surface area contributed by atoms with E-state index in [1.807, 2.05) is 0 Å². The van der Waals surface area contributed by atoms with Gasteiger partial charge in [-0.2, -0.15) is 0 Å². The monoisotopic (exact) mass is 257 g/mol. The van der Waals surface area contributed by atoms with Gasteiger partial charge in [0.15, 0.2) is 0 Å². The van der Waals surface area contributed by atoms with Crippen molar-refractivity contribution in [3.05, 3.63) is 20.8 Å². The van der Waals surface area contributed by atoms with Crippen LogP contribution in [0.15, 0.2) is 6.07 Å². The van der Waals surface area contributed by atoms with Gasteiger partial charge >= 0.3 is 0 Å². The predicted octanol–water partition coefficient (Wildman–Crippen LogP) is 4.68. The Morgan fingerprint density at radius 1 is 1.50 bits per heavy atom. The molecule has 1 aliphatic carbocycles. The van der Waals surface area contributed by atoms with Crippen molar-refractivity contribution in [2.45, 2.75) is 52.0 Å². The van der Waals surface area contributed by atoms with E-state index in [4.69, 9.17) is 17.3 Å². The Kier molecular flexibility index (Phi) is 3.62. The second-order valence-electron chi connectivity index (χ2n) is 5.01. The zero-order chi connectivity index (χ0) is 11.8. The van der Waals surface area contributed by atoms with Crippen LogP contribution < -0.4 is 5.73 Å². The summed E-state index contributed by atoms with van der Waals surface area (Å²) in [5.41, 5.74) is 7.98. The van der Waals surface area contributed by atoms with Crippen LogP contribution in [0.25, 0.3) is 0 Å². The smallest absolute Gasteiger partial charge is 0.0960 e. The van der Waals surface area contributed by atoms with Gasteiger partial charge in [0.1, 0.15) is 0 Å². The molecule has 1 aliphatic rings. The molecule has 0 bridgehead atoms. The van der Waals surface area contributed by atoms with E-state index in [-0.39, 0.29) is 6.04 Å². The summed E-state index contributed by atoms with van der Waals surface area (Å²) in [6, 6.07) is 2.35. The van der Waals surface area contributed by atoms with Gasteiger partial charge in [0.05, 0.1) is 4.34 Å². The van der Waals surface area contributed by atoms with E-state index in [2.05, 4.69) is 19.9 Å². The summed E-state index contributed by atoms with van der Waals surface area (Å²) in [5.74, 6) is 0. The zero-order valence-corrected chi connectivity index (χ0v) is 11.6. The Bertz CT molecular complexity index is 347. The molecule has 0 saturated heterocycles. The molecule has 1 fully saturated rings. The summed E-state index contributed by atoms with van der Waals surface area (Å²) in [6.45, 7) is 4.33. The quantitative estimate of drug-likeness (QED) is 0.836. The van der Waals surface area contributed by atoms with Crippen molar-refractivity contribution < 1.29 is 0 Å². The molecule has 1 heterocycles. The van der Waals surface area contributed by atoms with Gasteiger partial charge in [-0.05, 0) is 43.2 Å². The number of aryl methyl sites for hydroxylation is 1. The lowest BCUT2D eigenvalue weighted by Crippen LogP contribution is -2.31. The van der Waals surface area contributed by atoms with E-state index in [1.165, 1.54) is 42.5 Å². The second-order valence-corrected chi connectivity index (χ2v) is 6.69. The Balaban J connectivity index is 2.26. The number of hydrogen-bond acceptors (Lipinski definition) is 2. The Morgan fingerprint density at radius 3 is 2.56 bits per heavy atom. The van der Waals surface area contributed by atoms with Crippen LogP contribution in [0.5, 0.6) is 0 Å². The molecular formula is C13H20ClNS. The molecule has 1 aromatic rings. The van der Waals surface area contributed by atoms with Gasteiger partial charge in [-0.3, -0.25) is 0 Å². The highest BCUT2D eigenvalue weighted by atomic mass is 35.5. The predicted molar refractivity (Wildman–Crippen MR) is 72.2 cm³/mol. The zero-order valence-electron chi connectivity index (χ0n) is 10.1. The van der Waals surface area contributed by atoms with E-state index >= 15 is 0 Å². The van der Waals surface area contributed by atoms with Crippen LogP contribution in [0, 0.1) is 12.3 Å². The van der Waals surface area contributed by atoms with Gasteiger partial charge in [0.25, 0.3) is 0 Å². The maximum atomic E-state index is 6.48. The van der Waals surface area contributed by atoms with Gasteiger partial charge < -0.3 is 5.73 Å². The van der Waals surface area contributed by atoms with Crippen LogP contribution in [-0.4, -0.2) is 0 Å². The Hall–Kier alpha value is -0.0500. The lowest BCUT2D eigenvalue weighted by Gasteiger charge is -2.33. The van der Waals surface area contributed by atoms with Gasteiger partial charge in [0.2, 0.25) is 0 Å². The fourth-order valence-corrected chi connectivity index (χ4v) is 4.26. The fraction of sp³-hybridized carbons (Fsp3) is 0.692. The molecule has 1 saturated carbocycles. The summed E-state index contributed by atoms with van der Waals surface area (Å²) >= 11 is 7.80. The van der Waals surface area contributed by atoms with Gasteiger partial charge in [-0.1, -0.05) is 31.4 Å². The molecule has 0 aliphatic heterocycles. The molecule has 2 rings (SSSR count). The third-order valence-electron chi connectivity index (χ3n) is 4.15. The number of nitrogens with two attached hydrogens (primary N) is 1. The maximum absolute atomic E-state index is 6.48. The summed E-state index contributed by atoms with van der Waals surface area (Å²) in [4.78, 5) is 1.27. The minimum absolute atomic E-state index is 0.177. The molecule has 0 radical (unpaired) electrons. The Morgan fingerprint density at radius 2 is 2.12 bits per heavy atom. The number of halogens is 1. The number of thiophene rings is 1. The number of hydrogen-bond donors (Lipinski definition) is 1. The van der Waals surface area contributed by atoms with Gasteiger partial charge in [0, 0.05) is 10.9 Å². The minimum atomic E-state index is 0.177. The Labute approximate surface area is 107 Å². The first kappa shape index (κ1) is 12.4. The van der Waals surface area contributed by atoms with Crippen LogP contribution in [0.1, 0.15) is 55.5 Å². The van der Waals surface area contributed by atoms with E-state index < -0.39 is 0 Å². The summed E-state index contributed by atoms with van der Waals surface area (Å²) in [7, 11) is 0. The average molecular weight is 258 g/mol. The normalized spacial score (nSPS) is 21.2. The van der Waals surface area contributed by atoms with Crippen molar-refractivity contribution in [3.8, 4) is 0 Å². The topological polar surface area (TPSA) is 26.0 Å². The van der Waals surface area contributed by atoms with Crippen molar-refractivity contribution in [2.24, 2.45) is 11.1 Å². The van der Waals surface area contributed by atoms with E-state index in [9.17, 15) is 0 Å². The molecule has 0 amide bonds. The lowest BCUT2D eigenvalue weighted by atomic mass is 9.76. The molecule has 16 heavy (non-hydrogen) atoms. The molecule has 1 atom stereocenters. The highest BCUT2D eigenvalue weighted by molar-refractivity contribution is 7.16. The molecule has 90 valence electrons. The van der Waals surface area contributed by atoms with E-state index in [1.54, 1.807) is 11.3 Å². The standard InChI is InChI=1S/C13H20ClNS/c1-3-13(6-4-5-7-13)11(15)10-8-9(2)12(14)16-10/h8,11H,3-7,15H2,1-2H3. The van der Waals surface area contributed by atoms with Crippen molar-refractivity contribution in [3.63, 3.8) is 0 Å². The van der Waals surface area contributed by atoms with Crippen LogP contribution >= 0.6 is 22.9 Å². The van der Waals surface area contributed by atoms with E-state index in [0.29, 0.717) is 5.41 Å². The fourth-order valence-electron chi connectivity index (χ4n) is 2.90. The van der Waals surface area contributed by atoms with Crippen LogP contribution in [0.2, 0.25) is 4.34 Å². The molecule has 3 heteroatoms. The summed E-state index contributed by atoms with van der Waals surface area (Å²) in [5, 5.41) is 0. The van der Waals surface area contributed by atoms with Crippen molar-refractivity contribution >= 4 is 22.9 Å². The van der Waals surface area contributed by atoms with E-state index in [0.717, 1.165) is 4.34 Å². The molecular weight excluding hydrogens is 238 g/mol. The molecule has 2 N–H and O–H groups in total. The lowest BCUT2D eigenvalue weighted by molar-refractivity contribution is 0.225. The number of rotatable bonds is 3. The summed E-state index contributed by atoms with van der Waals surface area (Å²) in [6.07, 6.45) is 6.40. The second kappa shape index (κ2) is 4.67. The van der Waals surface area contributed by atoms with Crippen LogP contribution in [0.4, 0.5) is 0 Å². The summed E-state index contributed by atoms with van der Waals surface area (Å²) < 4.78 is 0.898. The third-order valence-corrected chi connectivity index (χ3v) is 5.78. The van der Waals surface area contributed by atoms with Crippen molar-refractivity contribution in [1.82, 2.24) is 0 Å². The molecule has 1 unspecified atom stereocenters. The average Bonchev–Trinajstić information content (AvgIpc) is 2.87. The molecule has 0 aromatic carbocycles. The van der Waals surface area contributed by atoms with Crippen LogP contribution in [-0.2, 0) is 0 Å². The highest BCUT2D eigenvalue weighted by Crippen LogP contribution is 2.50. The minimum Gasteiger partial charge on any atom is -0.323 e. The van der Waals surface area contributed by atoms with Crippen molar-refractivity contribution in [2.75, 3.05) is 0 Å². The molecule has 1 aromatic heterocycles. The van der Waals surface area contributed by atoms with Crippen LogP contribution in [0.3, 0.4) is 0 Å². The first-order chi connectivity index (χ1) is 7.59. The SMILES string of the molecule is CCC1(C(N)c2cc(C)c(Cl)s2)CCCC1. The first-order valence-electron chi connectivity index (χ1n) is 6.10. The molecule has 0 spiro atoms. The van der Waals surface area contributed by atoms with Gasteiger partial charge in [-0.15, -0.1) is 11.3 Å². The molecule has 1 nitrogen and oxygen atoms in total.